The molecule has 2 N–H and O–H groups in total. The molecule has 1 atom stereocenters. The number of rotatable bonds is 6. The summed E-state index contributed by atoms with van der Waals surface area (Å²) < 4.78 is 0. The summed E-state index contributed by atoms with van der Waals surface area (Å²) in [7, 11) is 0. The number of hydrogen-bond donors (Lipinski definition) is 2. The number of ketones is 1. The van der Waals surface area contributed by atoms with E-state index >= 15 is 0 Å². The molecule has 1 amide bonds. The van der Waals surface area contributed by atoms with Crippen molar-refractivity contribution in [2.24, 2.45) is 0 Å². The van der Waals surface area contributed by atoms with Crippen LogP contribution in [0.1, 0.15) is 46.9 Å². The zero-order valence-electron chi connectivity index (χ0n) is 18.9. The summed E-state index contributed by atoms with van der Waals surface area (Å²) in [5, 5.41) is 4.44. The summed E-state index contributed by atoms with van der Waals surface area (Å²) >= 11 is 0. The van der Waals surface area contributed by atoms with Gasteiger partial charge in [0.1, 0.15) is 6.04 Å². The third-order valence-corrected chi connectivity index (χ3v) is 6.51. The first-order valence-electron chi connectivity index (χ1n) is 11.4. The van der Waals surface area contributed by atoms with E-state index in [-0.39, 0.29) is 11.7 Å². The maximum absolute atomic E-state index is 13.9. The molecule has 5 nitrogen and oxygen atoms in total. The number of aromatic nitrogens is 1. The number of aryl methyl sites for hydroxylation is 1. The summed E-state index contributed by atoms with van der Waals surface area (Å²) in [5.74, 6) is 0.0733. The van der Waals surface area contributed by atoms with Crippen LogP contribution in [0.4, 0.5) is 11.4 Å². The molecule has 1 unspecified atom stereocenters. The summed E-state index contributed by atoms with van der Waals surface area (Å²) in [6.45, 7) is 4.41. The second-order valence-electron chi connectivity index (χ2n) is 8.51. The van der Waals surface area contributed by atoms with Crippen molar-refractivity contribution in [3.8, 4) is 0 Å². The van der Waals surface area contributed by atoms with Gasteiger partial charge < -0.3 is 15.2 Å². The smallest absolute Gasteiger partial charge is 0.223 e. The van der Waals surface area contributed by atoms with Crippen molar-refractivity contribution >= 4 is 34.0 Å². The summed E-state index contributed by atoms with van der Waals surface area (Å²) in [4.78, 5) is 30.9. The minimum absolute atomic E-state index is 0.0200. The van der Waals surface area contributed by atoms with E-state index in [1.807, 2.05) is 60.8 Å². The maximum Gasteiger partial charge on any atom is 0.223 e. The van der Waals surface area contributed by atoms with Crippen molar-refractivity contribution < 1.29 is 9.59 Å². The fourth-order valence-electron chi connectivity index (χ4n) is 4.80. The van der Waals surface area contributed by atoms with Gasteiger partial charge in [0.25, 0.3) is 0 Å². The van der Waals surface area contributed by atoms with E-state index in [2.05, 4.69) is 29.4 Å². The number of Topliss-reactive ketones (excluding diaryl/α,β-unsaturated/α-hetero) is 1. The first kappa shape index (κ1) is 21.0. The average molecular weight is 438 g/mol. The van der Waals surface area contributed by atoms with Crippen LogP contribution in [0.25, 0.3) is 10.9 Å². The molecule has 2 heterocycles. The normalized spacial score (nSPS) is 13.7. The van der Waals surface area contributed by atoms with Crippen LogP contribution in [0, 0.1) is 0 Å². The highest BCUT2D eigenvalue weighted by molar-refractivity contribution is 6.12. The molecule has 0 spiro atoms. The van der Waals surface area contributed by atoms with Crippen LogP contribution in [-0.4, -0.2) is 23.2 Å². The Labute approximate surface area is 193 Å². The fourth-order valence-corrected chi connectivity index (χ4v) is 4.80. The predicted molar refractivity (Wildman–Crippen MR) is 133 cm³/mol. The number of benzene rings is 3. The lowest BCUT2D eigenvalue weighted by Crippen LogP contribution is -2.25. The van der Waals surface area contributed by atoms with Gasteiger partial charge in [-0.25, -0.2) is 0 Å². The molecule has 5 heteroatoms. The second-order valence-corrected chi connectivity index (χ2v) is 8.51. The molecule has 166 valence electrons. The highest BCUT2D eigenvalue weighted by atomic mass is 16.2. The van der Waals surface area contributed by atoms with Crippen LogP contribution in [-0.2, 0) is 17.6 Å². The molecule has 0 saturated heterocycles. The van der Waals surface area contributed by atoms with Gasteiger partial charge in [-0.3, -0.25) is 9.59 Å². The van der Waals surface area contributed by atoms with Gasteiger partial charge in [-0.15, -0.1) is 0 Å². The average Bonchev–Trinajstić information content (AvgIpc) is 3.46. The number of fused-ring (bicyclic) bond motifs is 2. The number of hydrogen-bond acceptors (Lipinski definition) is 3. The van der Waals surface area contributed by atoms with Gasteiger partial charge in [0, 0.05) is 47.5 Å². The van der Waals surface area contributed by atoms with Crippen LogP contribution in [0.15, 0.2) is 72.9 Å². The number of para-hydroxylation sites is 1. The fraction of sp³-hybridized carbons (Fsp3) is 0.214. The number of carbonyl (C=O) groups is 2. The molecule has 0 radical (unpaired) electrons. The monoisotopic (exact) mass is 437 g/mol. The minimum atomic E-state index is -0.529. The van der Waals surface area contributed by atoms with Gasteiger partial charge in [0.15, 0.2) is 5.78 Å². The predicted octanol–water partition coefficient (Wildman–Crippen LogP) is 5.68. The lowest BCUT2D eigenvalue weighted by atomic mass is 9.95. The summed E-state index contributed by atoms with van der Waals surface area (Å²) in [5.41, 5.74) is 6.77. The number of aromatic amines is 1. The van der Waals surface area contributed by atoms with Crippen LogP contribution < -0.4 is 10.2 Å². The lowest BCUT2D eigenvalue weighted by Gasteiger charge is -2.20. The SMILES string of the molecule is CCc1cccc2c(C(=O)C(Nc3ccc4c(c3)CCN4C(C)=O)c3ccccc3)c[nH]c12. The van der Waals surface area contributed by atoms with Crippen molar-refractivity contribution in [1.82, 2.24) is 4.98 Å². The van der Waals surface area contributed by atoms with Gasteiger partial charge >= 0.3 is 0 Å². The molecule has 4 aromatic rings. The zero-order chi connectivity index (χ0) is 22.9. The van der Waals surface area contributed by atoms with Gasteiger partial charge in [-0.2, -0.15) is 0 Å². The Morgan fingerprint density at radius 3 is 2.64 bits per heavy atom. The Bertz CT molecular complexity index is 1340. The molecular formula is C28H27N3O2. The van der Waals surface area contributed by atoms with Crippen molar-refractivity contribution in [3.63, 3.8) is 0 Å². The van der Waals surface area contributed by atoms with Crippen LogP contribution in [0.5, 0.6) is 0 Å². The molecule has 0 saturated carbocycles. The number of carbonyl (C=O) groups excluding carboxylic acids is 2. The third-order valence-electron chi connectivity index (χ3n) is 6.51. The second kappa shape index (κ2) is 8.58. The van der Waals surface area contributed by atoms with Gasteiger partial charge in [0.05, 0.1) is 0 Å². The van der Waals surface area contributed by atoms with Crippen molar-refractivity contribution in [1.29, 1.82) is 0 Å². The topological polar surface area (TPSA) is 65.2 Å². The molecule has 0 bridgehead atoms. The van der Waals surface area contributed by atoms with Crippen molar-refractivity contribution in [3.05, 3.63) is 95.2 Å². The quantitative estimate of drug-likeness (QED) is 0.382. The van der Waals surface area contributed by atoms with Crippen molar-refractivity contribution in [2.45, 2.75) is 32.7 Å². The summed E-state index contributed by atoms with van der Waals surface area (Å²) in [6.07, 6.45) is 3.55. The van der Waals surface area contributed by atoms with E-state index in [1.54, 1.807) is 11.8 Å². The van der Waals surface area contributed by atoms with Gasteiger partial charge in [-0.1, -0.05) is 55.5 Å². The number of amides is 1. The lowest BCUT2D eigenvalue weighted by molar-refractivity contribution is -0.116. The highest BCUT2D eigenvalue weighted by Gasteiger charge is 2.26. The number of anilines is 2. The van der Waals surface area contributed by atoms with Crippen molar-refractivity contribution in [2.75, 3.05) is 16.8 Å². The Hall–Kier alpha value is -3.86. The van der Waals surface area contributed by atoms with E-state index in [1.165, 1.54) is 5.56 Å². The minimum Gasteiger partial charge on any atom is -0.371 e. The Morgan fingerprint density at radius 1 is 1.06 bits per heavy atom. The maximum atomic E-state index is 13.9. The van der Waals surface area contributed by atoms with E-state index in [0.29, 0.717) is 12.1 Å². The Morgan fingerprint density at radius 2 is 1.88 bits per heavy atom. The molecular weight excluding hydrogens is 410 g/mol. The molecule has 1 aromatic heterocycles. The first-order valence-corrected chi connectivity index (χ1v) is 11.4. The number of nitrogens with zero attached hydrogens (tertiary/aromatic N) is 1. The molecule has 0 fully saturated rings. The highest BCUT2D eigenvalue weighted by Crippen LogP contribution is 2.33. The Balaban J connectivity index is 1.52. The van der Waals surface area contributed by atoms with Gasteiger partial charge in [-0.05, 0) is 47.7 Å². The van der Waals surface area contributed by atoms with E-state index in [0.717, 1.165) is 46.2 Å². The molecule has 1 aliphatic rings. The van der Waals surface area contributed by atoms with E-state index in [4.69, 9.17) is 0 Å². The number of nitrogens with one attached hydrogen (secondary N) is 2. The first-order chi connectivity index (χ1) is 16.1. The molecule has 0 aliphatic carbocycles. The van der Waals surface area contributed by atoms with E-state index in [9.17, 15) is 9.59 Å². The summed E-state index contributed by atoms with van der Waals surface area (Å²) in [6, 6.07) is 21.4. The van der Waals surface area contributed by atoms with Crippen LogP contribution in [0.2, 0.25) is 0 Å². The van der Waals surface area contributed by atoms with Gasteiger partial charge in [0.2, 0.25) is 5.91 Å². The third kappa shape index (κ3) is 3.80. The standard InChI is InChI=1S/C28H27N3O2/c1-3-19-10-7-11-23-24(17-29-26(19)23)28(33)27(20-8-5-4-6-9-20)30-22-12-13-25-21(16-22)14-15-31(25)18(2)32/h4-13,16-17,27,29-30H,3,14-15H2,1-2H3. The Kier molecular flexibility index (Phi) is 5.47. The molecule has 1 aliphatic heterocycles. The number of H-pyrrole nitrogens is 1. The molecule has 5 rings (SSSR count). The van der Waals surface area contributed by atoms with E-state index < -0.39 is 6.04 Å². The molecule has 33 heavy (non-hydrogen) atoms. The zero-order valence-corrected chi connectivity index (χ0v) is 18.9. The molecule has 3 aromatic carbocycles. The van der Waals surface area contributed by atoms with Crippen LogP contribution >= 0.6 is 0 Å². The largest absolute Gasteiger partial charge is 0.371 e. The van der Waals surface area contributed by atoms with Crippen LogP contribution in [0.3, 0.4) is 0 Å².